The number of nitrogens with zero attached hydrogens (tertiary/aromatic N) is 1. The number of benzene rings is 2. The van der Waals surface area contributed by atoms with Crippen molar-refractivity contribution in [2.45, 2.75) is 0 Å². The van der Waals surface area contributed by atoms with Crippen LogP contribution in [0.4, 0.5) is 5.69 Å². The van der Waals surface area contributed by atoms with E-state index in [4.69, 9.17) is 9.47 Å². The molecule has 3 rings (SSSR count). The van der Waals surface area contributed by atoms with Crippen LogP contribution in [0.25, 0.3) is 6.08 Å². The van der Waals surface area contributed by atoms with Crippen molar-refractivity contribution in [1.29, 1.82) is 0 Å². The number of hydrogen-bond acceptors (Lipinski definition) is 4. The van der Waals surface area contributed by atoms with Crippen LogP contribution >= 0.6 is 0 Å². The average Bonchev–Trinajstić information content (AvgIpc) is 2.95. The molecule has 1 aliphatic heterocycles. The first-order valence-electron chi connectivity index (χ1n) is 7.98. The van der Waals surface area contributed by atoms with Crippen LogP contribution in [0, 0.1) is 0 Å². The fraction of sp³-hybridized carbons (Fsp3) is 0.100. The molecule has 6 nitrogen and oxygen atoms in total. The van der Waals surface area contributed by atoms with Gasteiger partial charge >= 0.3 is 0 Å². The van der Waals surface area contributed by atoms with E-state index in [0.29, 0.717) is 29.4 Å². The summed E-state index contributed by atoms with van der Waals surface area (Å²) in [6, 6.07) is 14.1. The number of anilines is 1. The summed E-state index contributed by atoms with van der Waals surface area (Å²) < 4.78 is 10.8. The van der Waals surface area contributed by atoms with Crippen molar-refractivity contribution in [2.75, 3.05) is 18.7 Å². The summed E-state index contributed by atoms with van der Waals surface area (Å²) in [5.74, 6) is 0.201. The van der Waals surface area contributed by atoms with Gasteiger partial charge in [-0.1, -0.05) is 36.9 Å². The fourth-order valence-corrected chi connectivity index (χ4v) is 2.52. The maximum atomic E-state index is 12.6. The van der Waals surface area contributed by atoms with Crippen LogP contribution in [-0.2, 0) is 9.59 Å². The molecule has 1 N–H and O–H groups in total. The van der Waals surface area contributed by atoms with Gasteiger partial charge in [-0.3, -0.25) is 15.0 Å². The molecule has 1 heterocycles. The van der Waals surface area contributed by atoms with Crippen molar-refractivity contribution in [2.24, 2.45) is 0 Å². The van der Waals surface area contributed by atoms with Gasteiger partial charge in [0.25, 0.3) is 11.8 Å². The lowest BCUT2D eigenvalue weighted by Crippen LogP contribution is -2.35. The highest BCUT2D eigenvalue weighted by atomic mass is 16.5. The molecule has 0 unspecified atom stereocenters. The summed E-state index contributed by atoms with van der Waals surface area (Å²) in [5, 5.41) is 1.23. The Morgan fingerprint density at radius 1 is 1.12 bits per heavy atom. The molecule has 0 atom stereocenters. The number of hydrogen-bond donors (Lipinski definition) is 1. The van der Waals surface area contributed by atoms with Gasteiger partial charge in [0, 0.05) is 0 Å². The molecule has 0 radical (unpaired) electrons. The zero-order valence-corrected chi connectivity index (χ0v) is 14.3. The van der Waals surface area contributed by atoms with E-state index in [1.807, 2.05) is 6.07 Å². The van der Waals surface area contributed by atoms with Crippen molar-refractivity contribution in [1.82, 2.24) is 5.43 Å². The van der Waals surface area contributed by atoms with E-state index in [2.05, 4.69) is 12.0 Å². The smallest absolute Gasteiger partial charge is 0.282 e. The highest BCUT2D eigenvalue weighted by Crippen LogP contribution is 2.29. The van der Waals surface area contributed by atoms with Gasteiger partial charge in [-0.25, -0.2) is 5.01 Å². The van der Waals surface area contributed by atoms with Crippen molar-refractivity contribution >= 4 is 23.6 Å². The quantitative estimate of drug-likeness (QED) is 0.494. The second-order valence-corrected chi connectivity index (χ2v) is 5.49. The minimum Gasteiger partial charge on any atom is -0.493 e. The maximum absolute atomic E-state index is 12.6. The third-order valence-electron chi connectivity index (χ3n) is 3.76. The summed E-state index contributed by atoms with van der Waals surface area (Å²) in [4.78, 5) is 24.8. The Balaban J connectivity index is 1.88. The first-order chi connectivity index (χ1) is 12.6. The second-order valence-electron chi connectivity index (χ2n) is 5.49. The van der Waals surface area contributed by atoms with Crippen LogP contribution in [0.5, 0.6) is 11.5 Å². The third-order valence-corrected chi connectivity index (χ3v) is 3.76. The summed E-state index contributed by atoms with van der Waals surface area (Å²) in [6.07, 6.45) is 3.16. The van der Waals surface area contributed by atoms with Gasteiger partial charge in [0.1, 0.15) is 12.2 Å². The lowest BCUT2D eigenvalue weighted by atomic mass is 10.1. The lowest BCUT2D eigenvalue weighted by Gasteiger charge is -2.13. The predicted octanol–water partition coefficient (Wildman–Crippen LogP) is 2.72. The number of methoxy groups -OCH3 is 1. The van der Waals surface area contributed by atoms with E-state index in [-0.39, 0.29) is 5.57 Å². The van der Waals surface area contributed by atoms with Crippen LogP contribution in [0.15, 0.2) is 66.8 Å². The molecule has 0 saturated carbocycles. The molecule has 0 aromatic heterocycles. The molecule has 1 aliphatic rings. The number of ether oxygens (including phenoxy) is 2. The molecule has 2 aromatic rings. The molecule has 1 saturated heterocycles. The number of amides is 2. The first kappa shape index (κ1) is 17.3. The Kier molecular flexibility index (Phi) is 5.03. The zero-order chi connectivity index (χ0) is 18.5. The van der Waals surface area contributed by atoms with E-state index in [1.165, 1.54) is 18.2 Å². The van der Waals surface area contributed by atoms with Crippen LogP contribution in [-0.4, -0.2) is 25.5 Å². The third kappa shape index (κ3) is 3.44. The number of carbonyl (C=O) groups excluding carboxylic acids is 2. The van der Waals surface area contributed by atoms with Gasteiger partial charge in [-0.15, -0.1) is 0 Å². The van der Waals surface area contributed by atoms with Crippen LogP contribution in [0.1, 0.15) is 5.56 Å². The molecule has 0 spiro atoms. The number of para-hydroxylation sites is 1. The monoisotopic (exact) mass is 350 g/mol. The number of rotatable bonds is 6. The minimum absolute atomic E-state index is 0.0515. The zero-order valence-electron chi connectivity index (χ0n) is 14.3. The van der Waals surface area contributed by atoms with Gasteiger partial charge in [-0.05, 0) is 35.9 Å². The Morgan fingerprint density at radius 2 is 1.88 bits per heavy atom. The highest BCUT2D eigenvalue weighted by molar-refractivity contribution is 6.31. The Labute approximate surface area is 151 Å². The summed E-state index contributed by atoms with van der Waals surface area (Å²) >= 11 is 0. The van der Waals surface area contributed by atoms with Gasteiger partial charge in [0.2, 0.25) is 0 Å². The number of hydrazine groups is 1. The Bertz CT molecular complexity index is 875. The van der Waals surface area contributed by atoms with E-state index in [0.717, 1.165) is 0 Å². The van der Waals surface area contributed by atoms with Crippen molar-refractivity contribution < 1.29 is 19.1 Å². The van der Waals surface area contributed by atoms with Crippen LogP contribution < -0.4 is 19.9 Å². The normalized spacial score (nSPS) is 15.1. The molecule has 6 heteroatoms. The minimum atomic E-state index is -0.454. The van der Waals surface area contributed by atoms with E-state index in [9.17, 15) is 9.59 Å². The van der Waals surface area contributed by atoms with Gasteiger partial charge in [0.15, 0.2) is 11.5 Å². The number of carbonyl (C=O) groups is 2. The standard InChI is InChI=1S/C20H18N2O4/c1-3-11-26-17-10-9-14(13-18(17)25-2)12-16-19(23)21-22(20(16)24)15-7-5-4-6-8-15/h3-10,12-13H,1,11H2,2H3,(H,21,23)/b16-12-. The molecule has 0 aliphatic carbocycles. The predicted molar refractivity (Wildman–Crippen MR) is 98.7 cm³/mol. The fourth-order valence-electron chi connectivity index (χ4n) is 2.52. The van der Waals surface area contributed by atoms with Crippen molar-refractivity contribution in [3.05, 3.63) is 72.3 Å². The van der Waals surface area contributed by atoms with Gasteiger partial charge < -0.3 is 9.47 Å². The van der Waals surface area contributed by atoms with Crippen molar-refractivity contribution in [3.8, 4) is 11.5 Å². The lowest BCUT2D eigenvalue weighted by molar-refractivity contribution is -0.117. The van der Waals surface area contributed by atoms with Crippen molar-refractivity contribution in [3.63, 3.8) is 0 Å². The number of nitrogens with one attached hydrogen (secondary N) is 1. The van der Waals surface area contributed by atoms with E-state index >= 15 is 0 Å². The van der Waals surface area contributed by atoms with Gasteiger partial charge in [0.05, 0.1) is 12.8 Å². The van der Waals surface area contributed by atoms with E-state index < -0.39 is 11.8 Å². The summed E-state index contributed by atoms with van der Waals surface area (Å²) in [7, 11) is 1.53. The highest BCUT2D eigenvalue weighted by Gasteiger charge is 2.34. The Morgan fingerprint density at radius 3 is 2.58 bits per heavy atom. The molecule has 26 heavy (non-hydrogen) atoms. The Hall–Kier alpha value is -3.54. The van der Waals surface area contributed by atoms with E-state index in [1.54, 1.807) is 48.5 Å². The maximum Gasteiger partial charge on any atom is 0.282 e. The second kappa shape index (κ2) is 7.57. The first-order valence-corrected chi connectivity index (χ1v) is 7.98. The molecule has 1 fully saturated rings. The summed E-state index contributed by atoms with van der Waals surface area (Å²) in [6.45, 7) is 3.96. The molecule has 2 aromatic carbocycles. The topological polar surface area (TPSA) is 67.9 Å². The molecular formula is C20H18N2O4. The summed E-state index contributed by atoms with van der Waals surface area (Å²) in [5.41, 5.74) is 3.87. The molecule has 0 bridgehead atoms. The molecule has 132 valence electrons. The molecule has 2 amide bonds. The van der Waals surface area contributed by atoms with Gasteiger partial charge in [-0.2, -0.15) is 0 Å². The van der Waals surface area contributed by atoms with Crippen LogP contribution in [0.3, 0.4) is 0 Å². The van der Waals surface area contributed by atoms with Crippen LogP contribution in [0.2, 0.25) is 0 Å². The largest absolute Gasteiger partial charge is 0.493 e. The molecular weight excluding hydrogens is 332 g/mol. The average molecular weight is 350 g/mol. The SMILES string of the molecule is C=CCOc1ccc(/C=C2/C(=O)NN(c3ccccc3)C2=O)cc1OC.